The van der Waals surface area contributed by atoms with Gasteiger partial charge in [-0.1, -0.05) is 18.6 Å². The smallest absolute Gasteiger partial charge is 0.159 e. The molecule has 7 rings (SSSR count). The van der Waals surface area contributed by atoms with Gasteiger partial charge in [0.1, 0.15) is 17.3 Å². The first kappa shape index (κ1) is 28.0. The van der Waals surface area contributed by atoms with E-state index in [4.69, 9.17) is 9.72 Å². The first-order valence-corrected chi connectivity index (χ1v) is 15.1. The van der Waals surface area contributed by atoms with Gasteiger partial charge in [-0.05, 0) is 81.7 Å². The van der Waals surface area contributed by atoms with Crippen molar-refractivity contribution in [2.45, 2.75) is 38.2 Å². The first-order chi connectivity index (χ1) is 21.5. The van der Waals surface area contributed by atoms with Crippen LogP contribution in [-0.2, 0) is 0 Å². The number of imidazole rings is 1. The van der Waals surface area contributed by atoms with Crippen LogP contribution < -0.4 is 10.1 Å². The van der Waals surface area contributed by atoms with E-state index in [0.717, 1.165) is 75.1 Å². The molecule has 1 saturated carbocycles. The molecule has 0 aliphatic heterocycles. The average molecular weight is 591 g/mol. The van der Waals surface area contributed by atoms with Crippen LogP contribution in [-0.4, -0.2) is 68.3 Å². The summed E-state index contributed by atoms with van der Waals surface area (Å²) in [5.41, 5.74) is 7.03. The molecule has 4 heterocycles. The zero-order chi connectivity index (χ0) is 30.0. The van der Waals surface area contributed by atoms with Crippen molar-refractivity contribution in [3.05, 3.63) is 72.9 Å². The SMILES string of the molecule is CN(C)CCNc1cc(F)cc(-c2cccc3[nH]c(-c4n[nH]c5cnc(-c6cncc(OC7CCCCC7)c6)cc45)nc23)c1. The van der Waals surface area contributed by atoms with Crippen LogP contribution in [0.4, 0.5) is 10.1 Å². The molecule has 9 nitrogen and oxygen atoms in total. The Hall–Kier alpha value is -4.83. The predicted molar refractivity (Wildman–Crippen MR) is 172 cm³/mol. The van der Waals surface area contributed by atoms with Gasteiger partial charge in [-0.15, -0.1) is 0 Å². The van der Waals surface area contributed by atoms with Gasteiger partial charge in [-0.25, -0.2) is 9.37 Å². The minimum Gasteiger partial charge on any atom is -0.489 e. The monoisotopic (exact) mass is 590 g/mol. The molecule has 0 saturated heterocycles. The van der Waals surface area contributed by atoms with Gasteiger partial charge in [0.15, 0.2) is 5.82 Å². The fourth-order valence-corrected chi connectivity index (χ4v) is 5.90. The molecule has 224 valence electrons. The van der Waals surface area contributed by atoms with E-state index in [1.807, 2.05) is 50.5 Å². The van der Waals surface area contributed by atoms with Crippen LogP contribution in [0.1, 0.15) is 32.1 Å². The van der Waals surface area contributed by atoms with Crippen molar-refractivity contribution in [1.82, 2.24) is 35.0 Å². The molecular formula is C34H35FN8O. The number of hydrogen-bond donors (Lipinski definition) is 3. The minimum absolute atomic E-state index is 0.244. The Kier molecular flexibility index (Phi) is 7.66. The Morgan fingerprint density at radius 1 is 0.977 bits per heavy atom. The number of pyridine rings is 2. The molecule has 0 bridgehead atoms. The lowest BCUT2D eigenvalue weighted by atomic mass is 9.98. The number of aromatic amines is 2. The number of nitrogens with zero attached hydrogens (tertiary/aromatic N) is 5. The molecule has 0 radical (unpaired) electrons. The quantitative estimate of drug-likeness (QED) is 0.166. The summed E-state index contributed by atoms with van der Waals surface area (Å²) in [6.07, 6.45) is 11.5. The second kappa shape index (κ2) is 12.0. The Labute approximate surface area is 254 Å². The van der Waals surface area contributed by atoms with Gasteiger partial charge in [0.25, 0.3) is 0 Å². The fourth-order valence-electron chi connectivity index (χ4n) is 5.90. The minimum atomic E-state index is -0.302. The Morgan fingerprint density at radius 3 is 2.73 bits per heavy atom. The van der Waals surface area contributed by atoms with Crippen molar-refractivity contribution in [1.29, 1.82) is 0 Å². The number of hydrogen-bond acceptors (Lipinski definition) is 7. The maximum Gasteiger partial charge on any atom is 0.159 e. The van der Waals surface area contributed by atoms with Gasteiger partial charge >= 0.3 is 0 Å². The standard InChI is InChI=1S/C34H35FN8O/c1-43(2)12-11-37-24-14-21(13-23(35)16-24)27-9-6-10-29-32(27)40-34(39-29)33-28-17-30(38-20-31(28)41-42-33)22-15-26(19-36-18-22)44-25-7-4-3-5-8-25/h6,9-10,13-20,25,37H,3-5,7-8,11-12H2,1-2H3,(H,39,40)(H,41,42). The lowest BCUT2D eigenvalue weighted by molar-refractivity contribution is 0.154. The van der Waals surface area contributed by atoms with E-state index in [0.29, 0.717) is 18.1 Å². The fraction of sp³-hybridized carbons (Fsp3) is 0.294. The third-order valence-electron chi connectivity index (χ3n) is 8.15. The Bertz CT molecular complexity index is 1920. The number of ether oxygens (including phenoxy) is 1. The third kappa shape index (κ3) is 5.85. The normalized spacial score (nSPS) is 14.1. The lowest BCUT2D eigenvalue weighted by Gasteiger charge is -2.22. The van der Waals surface area contributed by atoms with E-state index in [2.05, 4.69) is 35.4 Å². The van der Waals surface area contributed by atoms with Gasteiger partial charge in [-0.3, -0.25) is 15.1 Å². The highest BCUT2D eigenvalue weighted by atomic mass is 19.1. The van der Waals surface area contributed by atoms with Gasteiger partial charge < -0.3 is 19.9 Å². The molecule has 0 spiro atoms. The highest BCUT2D eigenvalue weighted by molar-refractivity contribution is 5.98. The average Bonchev–Trinajstić information content (AvgIpc) is 3.65. The highest BCUT2D eigenvalue weighted by Gasteiger charge is 2.18. The van der Waals surface area contributed by atoms with Gasteiger partial charge in [0.2, 0.25) is 0 Å². The molecule has 1 fully saturated rings. The number of benzene rings is 2. The second-order valence-electron chi connectivity index (χ2n) is 11.7. The highest BCUT2D eigenvalue weighted by Crippen LogP contribution is 2.34. The molecule has 10 heteroatoms. The molecule has 1 aliphatic rings. The summed E-state index contributed by atoms with van der Waals surface area (Å²) in [6, 6.07) is 14.9. The number of aromatic nitrogens is 6. The van der Waals surface area contributed by atoms with Crippen molar-refractivity contribution < 1.29 is 9.13 Å². The number of H-pyrrole nitrogens is 2. The molecule has 1 aliphatic carbocycles. The molecular weight excluding hydrogens is 555 g/mol. The molecule has 4 aromatic heterocycles. The molecule has 2 aromatic carbocycles. The predicted octanol–water partition coefficient (Wildman–Crippen LogP) is 7.05. The van der Waals surface area contributed by atoms with Gasteiger partial charge in [0, 0.05) is 41.5 Å². The number of halogens is 1. The lowest BCUT2D eigenvalue weighted by Crippen LogP contribution is -2.20. The van der Waals surface area contributed by atoms with Crippen LogP contribution in [0.15, 0.2) is 67.1 Å². The Morgan fingerprint density at radius 2 is 1.86 bits per heavy atom. The van der Waals surface area contributed by atoms with Crippen molar-refractivity contribution in [3.8, 4) is 39.7 Å². The number of anilines is 1. The number of fused-ring (bicyclic) bond motifs is 2. The van der Waals surface area contributed by atoms with E-state index in [1.54, 1.807) is 24.7 Å². The zero-order valence-electron chi connectivity index (χ0n) is 24.9. The molecule has 3 N–H and O–H groups in total. The largest absolute Gasteiger partial charge is 0.489 e. The molecule has 0 atom stereocenters. The first-order valence-electron chi connectivity index (χ1n) is 15.1. The van der Waals surface area contributed by atoms with Crippen molar-refractivity contribution in [2.24, 2.45) is 0 Å². The van der Waals surface area contributed by atoms with Gasteiger partial charge in [-0.2, -0.15) is 5.10 Å². The van der Waals surface area contributed by atoms with E-state index in [-0.39, 0.29) is 11.9 Å². The van der Waals surface area contributed by atoms with Crippen LogP contribution in [0.25, 0.3) is 55.8 Å². The summed E-state index contributed by atoms with van der Waals surface area (Å²) in [6.45, 7) is 1.55. The second-order valence-corrected chi connectivity index (χ2v) is 11.7. The number of rotatable bonds is 9. The van der Waals surface area contributed by atoms with Crippen LogP contribution in [0.3, 0.4) is 0 Å². The maximum atomic E-state index is 14.7. The number of nitrogens with one attached hydrogen (secondary N) is 3. The summed E-state index contributed by atoms with van der Waals surface area (Å²) >= 11 is 0. The number of para-hydroxylation sites is 1. The number of likely N-dealkylation sites (N-methyl/N-ethyl adjacent to an activating group) is 1. The Balaban J connectivity index is 1.21. The third-order valence-corrected chi connectivity index (χ3v) is 8.15. The van der Waals surface area contributed by atoms with Crippen molar-refractivity contribution in [2.75, 3.05) is 32.5 Å². The summed E-state index contributed by atoms with van der Waals surface area (Å²) in [7, 11) is 4.02. The van der Waals surface area contributed by atoms with Crippen LogP contribution >= 0.6 is 0 Å². The topological polar surface area (TPSA) is 108 Å². The summed E-state index contributed by atoms with van der Waals surface area (Å²) < 4.78 is 21.0. The van der Waals surface area contributed by atoms with Gasteiger partial charge in [0.05, 0.1) is 40.7 Å². The van der Waals surface area contributed by atoms with E-state index in [1.165, 1.54) is 25.3 Å². The molecule has 0 unspecified atom stereocenters. The van der Waals surface area contributed by atoms with E-state index >= 15 is 0 Å². The maximum absolute atomic E-state index is 14.7. The molecule has 44 heavy (non-hydrogen) atoms. The van der Waals surface area contributed by atoms with Crippen LogP contribution in [0, 0.1) is 5.82 Å². The van der Waals surface area contributed by atoms with Crippen LogP contribution in [0.2, 0.25) is 0 Å². The molecule has 6 aromatic rings. The summed E-state index contributed by atoms with van der Waals surface area (Å²) in [4.78, 5) is 19.6. The van der Waals surface area contributed by atoms with E-state index < -0.39 is 0 Å². The van der Waals surface area contributed by atoms with Crippen molar-refractivity contribution in [3.63, 3.8) is 0 Å². The van der Waals surface area contributed by atoms with E-state index in [9.17, 15) is 4.39 Å². The zero-order valence-corrected chi connectivity index (χ0v) is 24.9. The van der Waals surface area contributed by atoms with Crippen molar-refractivity contribution >= 4 is 27.6 Å². The summed E-state index contributed by atoms with van der Waals surface area (Å²) in [5.74, 6) is 1.08. The van der Waals surface area contributed by atoms with Crippen LogP contribution in [0.5, 0.6) is 5.75 Å². The summed E-state index contributed by atoms with van der Waals surface area (Å²) in [5, 5.41) is 11.9. The molecule has 0 amide bonds.